The standard InChI is InChI=1S/C24H27F3N2O2S/c1-29(19-7-3-2-4-8-19)22(30)16-32-21-10-6-5-9-20(21)23(31)28-15-17-11-13-18(14-12-17)24(25,26)27/h5-6,9-14,19H,2-4,7-8,15-16H2,1H3,(H,28,31). The molecule has 0 aromatic heterocycles. The van der Waals surface area contributed by atoms with Crippen LogP contribution in [0.25, 0.3) is 0 Å². The van der Waals surface area contributed by atoms with E-state index in [9.17, 15) is 22.8 Å². The lowest BCUT2D eigenvalue weighted by Gasteiger charge is -2.31. The molecule has 1 fully saturated rings. The van der Waals surface area contributed by atoms with Gasteiger partial charge in [0.2, 0.25) is 5.91 Å². The molecule has 0 heterocycles. The molecule has 1 aliphatic rings. The molecule has 8 heteroatoms. The molecule has 0 radical (unpaired) electrons. The molecule has 2 aromatic carbocycles. The van der Waals surface area contributed by atoms with Crippen molar-refractivity contribution in [2.75, 3.05) is 12.8 Å². The Kier molecular flexibility index (Phi) is 8.23. The largest absolute Gasteiger partial charge is 0.416 e. The molecule has 0 atom stereocenters. The molecular weight excluding hydrogens is 437 g/mol. The van der Waals surface area contributed by atoms with Gasteiger partial charge in [0.1, 0.15) is 0 Å². The Morgan fingerprint density at radius 1 is 1.03 bits per heavy atom. The van der Waals surface area contributed by atoms with Crippen LogP contribution < -0.4 is 5.32 Å². The summed E-state index contributed by atoms with van der Waals surface area (Å²) in [6, 6.07) is 12.0. The molecule has 172 valence electrons. The number of benzene rings is 2. The fraction of sp³-hybridized carbons (Fsp3) is 0.417. The lowest BCUT2D eigenvalue weighted by atomic mass is 9.94. The van der Waals surface area contributed by atoms with Gasteiger partial charge in [0.15, 0.2) is 0 Å². The van der Waals surface area contributed by atoms with Crippen molar-refractivity contribution in [1.29, 1.82) is 0 Å². The molecule has 1 N–H and O–H groups in total. The van der Waals surface area contributed by atoms with Crippen molar-refractivity contribution in [3.63, 3.8) is 0 Å². The van der Waals surface area contributed by atoms with Crippen LogP contribution in [0, 0.1) is 0 Å². The van der Waals surface area contributed by atoms with Gasteiger partial charge in [-0.3, -0.25) is 9.59 Å². The number of alkyl halides is 3. The van der Waals surface area contributed by atoms with Crippen molar-refractivity contribution in [3.8, 4) is 0 Å². The van der Waals surface area contributed by atoms with E-state index in [0.717, 1.165) is 37.8 Å². The van der Waals surface area contributed by atoms with E-state index in [1.807, 2.05) is 18.0 Å². The summed E-state index contributed by atoms with van der Waals surface area (Å²) in [6.07, 6.45) is 1.21. The van der Waals surface area contributed by atoms with Gasteiger partial charge < -0.3 is 10.2 Å². The number of nitrogens with one attached hydrogen (secondary N) is 1. The smallest absolute Gasteiger partial charge is 0.348 e. The molecule has 1 saturated carbocycles. The maximum Gasteiger partial charge on any atom is 0.416 e. The van der Waals surface area contributed by atoms with Crippen LogP contribution in [0.1, 0.15) is 53.6 Å². The lowest BCUT2D eigenvalue weighted by Crippen LogP contribution is -2.39. The second kappa shape index (κ2) is 10.9. The maximum atomic E-state index is 12.7. The normalized spacial score (nSPS) is 14.8. The molecule has 32 heavy (non-hydrogen) atoms. The first-order valence-corrected chi connectivity index (χ1v) is 11.7. The lowest BCUT2D eigenvalue weighted by molar-refractivity contribution is -0.137. The van der Waals surface area contributed by atoms with Gasteiger partial charge in [-0.25, -0.2) is 0 Å². The van der Waals surface area contributed by atoms with Crippen molar-refractivity contribution in [2.24, 2.45) is 0 Å². The third-order valence-electron chi connectivity index (χ3n) is 5.73. The summed E-state index contributed by atoms with van der Waals surface area (Å²) in [5.74, 6) is -0.0427. The number of halogens is 3. The highest BCUT2D eigenvalue weighted by atomic mass is 32.2. The zero-order valence-corrected chi connectivity index (χ0v) is 18.8. The second-order valence-corrected chi connectivity index (χ2v) is 8.98. The molecule has 1 aliphatic carbocycles. The van der Waals surface area contributed by atoms with E-state index >= 15 is 0 Å². The van der Waals surface area contributed by atoms with Crippen LogP contribution in [0.4, 0.5) is 13.2 Å². The third-order valence-corrected chi connectivity index (χ3v) is 6.79. The van der Waals surface area contributed by atoms with Crippen molar-refractivity contribution in [1.82, 2.24) is 10.2 Å². The summed E-state index contributed by atoms with van der Waals surface area (Å²) >= 11 is 1.33. The number of rotatable bonds is 7. The number of hydrogen-bond acceptors (Lipinski definition) is 3. The van der Waals surface area contributed by atoms with Gasteiger partial charge in [0.25, 0.3) is 5.91 Å². The minimum absolute atomic E-state index is 0.0434. The topological polar surface area (TPSA) is 49.4 Å². The highest BCUT2D eigenvalue weighted by Gasteiger charge is 2.30. The van der Waals surface area contributed by atoms with Crippen molar-refractivity contribution in [2.45, 2.75) is 55.8 Å². The van der Waals surface area contributed by atoms with E-state index in [4.69, 9.17) is 0 Å². The number of thioether (sulfide) groups is 1. The Bertz CT molecular complexity index is 926. The van der Waals surface area contributed by atoms with Crippen molar-refractivity contribution < 1.29 is 22.8 Å². The molecule has 0 saturated heterocycles. The summed E-state index contributed by atoms with van der Waals surface area (Å²) in [4.78, 5) is 27.9. The Balaban J connectivity index is 1.56. The van der Waals surface area contributed by atoms with Crippen LogP contribution in [0.15, 0.2) is 53.4 Å². The maximum absolute atomic E-state index is 12.7. The van der Waals surface area contributed by atoms with Gasteiger partial charge >= 0.3 is 6.18 Å². The molecule has 2 amide bonds. The first-order valence-electron chi connectivity index (χ1n) is 10.7. The molecule has 0 unspecified atom stereocenters. The predicted molar refractivity (Wildman–Crippen MR) is 119 cm³/mol. The summed E-state index contributed by atoms with van der Waals surface area (Å²) in [6.45, 7) is 0.110. The van der Waals surface area contributed by atoms with E-state index in [2.05, 4.69) is 5.32 Å². The monoisotopic (exact) mass is 464 g/mol. The van der Waals surface area contributed by atoms with Gasteiger partial charge in [-0.2, -0.15) is 13.2 Å². The summed E-state index contributed by atoms with van der Waals surface area (Å²) < 4.78 is 38.1. The average Bonchev–Trinajstić information content (AvgIpc) is 2.81. The van der Waals surface area contributed by atoms with Crippen LogP contribution in [0.5, 0.6) is 0 Å². The summed E-state index contributed by atoms with van der Waals surface area (Å²) in [5, 5.41) is 2.75. The van der Waals surface area contributed by atoms with Crippen LogP contribution in [0.2, 0.25) is 0 Å². The fourth-order valence-corrected chi connectivity index (χ4v) is 4.76. The first-order chi connectivity index (χ1) is 15.3. The first kappa shape index (κ1) is 24.2. The highest BCUT2D eigenvalue weighted by molar-refractivity contribution is 8.00. The van der Waals surface area contributed by atoms with Gasteiger partial charge in [0, 0.05) is 24.5 Å². The van der Waals surface area contributed by atoms with Crippen LogP contribution >= 0.6 is 11.8 Å². The van der Waals surface area contributed by atoms with E-state index in [1.165, 1.54) is 30.3 Å². The molecule has 0 bridgehead atoms. The average molecular weight is 465 g/mol. The minimum Gasteiger partial charge on any atom is -0.348 e. The van der Waals surface area contributed by atoms with E-state index in [-0.39, 0.29) is 24.1 Å². The Labute approximate surface area is 190 Å². The van der Waals surface area contributed by atoms with Gasteiger partial charge in [-0.1, -0.05) is 43.5 Å². The van der Waals surface area contributed by atoms with Crippen LogP contribution in [-0.4, -0.2) is 35.6 Å². The van der Waals surface area contributed by atoms with Gasteiger partial charge in [0.05, 0.1) is 16.9 Å². The van der Waals surface area contributed by atoms with Gasteiger partial charge in [-0.05, 0) is 42.7 Å². The fourth-order valence-electron chi connectivity index (χ4n) is 3.78. The SMILES string of the molecule is CN(C(=O)CSc1ccccc1C(=O)NCc1ccc(C(F)(F)F)cc1)C1CCCCC1. The zero-order valence-electron chi connectivity index (χ0n) is 18.0. The molecular formula is C24H27F3N2O2S. The quantitative estimate of drug-likeness (QED) is 0.549. The number of carbonyl (C=O) groups is 2. The Hall–Kier alpha value is -2.48. The van der Waals surface area contributed by atoms with Crippen molar-refractivity contribution >= 4 is 23.6 Å². The number of hydrogen-bond donors (Lipinski definition) is 1. The Morgan fingerprint density at radius 2 is 1.69 bits per heavy atom. The number of nitrogens with zero attached hydrogens (tertiary/aromatic N) is 1. The minimum atomic E-state index is -4.39. The Morgan fingerprint density at radius 3 is 2.34 bits per heavy atom. The van der Waals surface area contributed by atoms with E-state index in [0.29, 0.717) is 22.1 Å². The predicted octanol–water partition coefficient (Wildman–Crippen LogP) is 5.52. The van der Waals surface area contributed by atoms with Crippen molar-refractivity contribution in [3.05, 3.63) is 65.2 Å². The molecule has 0 aliphatic heterocycles. The highest BCUT2D eigenvalue weighted by Crippen LogP contribution is 2.29. The third kappa shape index (κ3) is 6.51. The second-order valence-electron chi connectivity index (χ2n) is 7.96. The zero-order chi connectivity index (χ0) is 23.1. The van der Waals surface area contributed by atoms with Gasteiger partial charge in [-0.15, -0.1) is 11.8 Å². The van der Waals surface area contributed by atoms with Crippen LogP contribution in [0.3, 0.4) is 0 Å². The molecule has 2 aromatic rings. The molecule has 4 nitrogen and oxygen atoms in total. The molecule has 0 spiro atoms. The summed E-state index contributed by atoms with van der Waals surface area (Å²) in [7, 11) is 1.85. The van der Waals surface area contributed by atoms with E-state index < -0.39 is 11.7 Å². The van der Waals surface area contributed by atoms with E-state index in [1.54, 1.807) is 18.2 Å². The summed E-state index contributed by atoms with van der Waals surface area (Å²) in [5.41, 5.74) is 0.287. The number of carbonyl (C=O) groups excluding carboxylic acids is 2. The number of amides is 2. The molecule has 3 rings (SSSR count). The van der Waals surface area contributed by atoms with Crippen LogP contribution in [-0.2, 0) is 17.5 Å².